The third-order valence-electron chi connectivity index (χ3n) is 3.45. The molecule has 2 heteroatoms. The van der Waals surface area contributed by atoms with Gasteiger partial charge in [0.25, 0.3) is 0 Å². The maximum atomic E-state index is 2.35. The van der Waals surface area contributed by atoms with Crippen molar-refractivity contribution in [1.29, 1.82) is 0 Å². The molecule has 0 aliphatic carbocycles. The van der Waals surface area contributed by atoms with Gasteiger partial charge in [-0.25, -0.2) is 0 Å². The van der Waals surface area contributed by atoms with Crippen molar-refractivity contribution in [3.8, 4) is 0 Å². The Bertz CT molecular complexity index is 431. The molecule has 0 spiro atoms. The predicted octanol–water partition coefficient (Wildman–Crippen LogP) is 3.65. The molecule has 86 valence electrons. The van der Waals surface area contributed by atoms with E-state index in [0.29, 0.717) is 0 Å². The first-order valence-electron chi connectivity index (χ1n) is 6.16. The lowest BCUT2D eigenvalue weighted by Crippen LogP contribution is -2.18. The van der Waals surface area contributed by atoms with E-state index in [1.165, 1.54) is 18.7 Å². The van der Waals surface area contributed by atoms with Gasteiger partial charge in [-0.05, 0) is 30.7 Å². The maximum absolute atomic E-state index is 2.35. The van der Waals surface area contributed by atoms with E-state index in [1.54, 1.807) is 10.6 Å². The topological polar surface area (TPSA) is 0 Å². The predicted molar refractivity (Wildman–Crippen MR) is 81.7 cm³/mol. The van der Waals surface area contributed by atoms with Gasteiger partial charge in [0.2, 0.25) is 0 Å². The Labute approximate surface area is 105 Å². The van der Waals surface area contributed by atoms with Crippen molar-refractivity contribution in [1.82, 2.24) is 0 Å². The van der Waals surface area contributed by atoms with Crippen molar-refractivity contribution >= 4 is 25.8 Å². The van der Waals surface area contributed by atoms with Gasteiger partial charge < -0.3 is 0 Å². The molecule has 2 aromatic carbocycles. The molecule has 0 N–H and O–H groups in total. The number of rotatable bonds is 2. The van der Waals surface area contributed by atoms with Crippen LogP contribution in [0.1, 0.15) is 6.42 Å². The molecule has 3 rings (SSSR count). The van der Waals surface area contributed by atoms with Crippen molar-refractivity contribution in [2.45, 2.75) is 6.42 Å². The van der Waals surface area contributed by atoms with E-state index >= 15 is 0 Å². The fourth-order valence-corrected chi connectivity index (χ4v) is 11.5. The summed E-state index contributed by atoms with van der Waals surface area (Å²) in [5.41, 5.74) is 0. The van der Waals surface area contributed by atoms with Crippen molar-refractivity contribution in [2.24, 2.45) is 0 Å². The molecule has 0 bridgehead atoms. The molecular formula is C15H17P2+. The summed E-state index contributed by atoms with van der Waals surface area (Å²) in [5, 5.41) is 3.23. The van der Waals surface area contributed by atoms with Gasteiger partial charge in [-0.2, -0.15) is 0 Å². The fourth-order valence-electron chi connectivity index (χ4n) is 2.62. The zero-order chi connectivity index (χ0) is 11.6. The molecule has 1 saturated heterocycles. The smallest absolute Gasteiger partial charge is 0.0620 e. The quantitative estimate of drug-likeness (QED) is 0.722. The molecule has 1 heterocycles. The average Bonchev–Trinajstić information content (AvgIpc) is 2.91. The van der Waals surface area contributed by atoms with E-state index < -0.39 is 6.95 Å². The molecule has 2 aromatic rings. The number of hydrogen-bond acceptors (Lipinski definition) is 0. The summed E-state index contributed by atoms with van der Waals surface area (Å²) < 4.78 is 0. The van der Waals surface area contributed by atoms with Crippen LogP contribution in [0.15, 0.2) is 60.7 Å². The molecule has 0 aromatic heterocycles. The second-order valence-corrected chi connectivity index (χ2v) is 11.6. The molecule has 1 atom stereocenters. The fraction of sp³-hybridized carbons (Fsp3) is 0.200. The molecule has 0 amide bonds. The Morgan fingerprint density at radius 2 is 1.29 bits per heavy atom. The highest BCUT2D eigenvalue weighted by molar-refractivity contribution is 8.39. The first-order valence-corrected chi connectivity index (χ1v) is 10.2. The van der Waals surface area contributed by atoms with Crippen LogP contribution in [0, 0.1) is 0 Å². The average molecular weight is 259 g/mol. The molecular weight excluding hydrogens is 242 g/mol. The minimum atomic E-state index is -1.02. The van der Waals surface area contributed by atoms with Crippen molar-refractivity contribution in [3.05, 3.63) is 60.7 Å². The van der Waals surface area contributed by atoms with Crippen LogP contribution < -0.4 is 10.6 Å². The van der Waals surface area contributed by atoms with Crippen molar-refractivity contribution in [2.75, 3.05) is 12.3 Å². The summed E-state index contributed by atoms with van der Waals surface area (Å²) in [7, 11) is 1.14. The number of benzene rings is 2. The van der Waals surface area contributed by atoms with E-state index in [1.807, 2.05) is 0 Å². The maximum Gasteiger partial charge on any atom is 0.101 e. The van der Waals surface area contributed by atoms with E-state index in [0.717, 1.165) is 8.27 Å². The summed E-state index contributed by atoms with van der Waals surface area (Å²) in [6.07, 6.45) is 4.26. The van der Waals surface area contributed by atoms with E-state index in [9.17, 15) is 0 Å². The van der Waals surface area contributed by atoms with Gasteiger partial charge in [-0.15, -0.1) is 0 Å². The molecule has 17 heavy (non-hydrogen) atoms. The lowest BCUT2D eigenvalue weighted by molar-refractivity contribution is 1.13. The lowest BCUT2D eigenvalue weighted by Gasteiger charge is -2.21. The van der Waals surface area contributed by atoms with Crippen LogP contribution in [0.5, 0.6) is 0 Å². The summed E-state index contributed by atoms with van der Waals surface area (Å²) in [4.78, 5) is 0. The summed E-state index contributed by atoms with van der Waals surface area (Å²) in [6.45, 7) is -1.02. The third-order valence-corrected chi connectivity index (χ3v) is 12.4. The van der Waals surface area contributed by atoms with Gasteiger partial charge in [-0.3, -0.25) is 0 Å². The Morgan fingerprint density at radius 1 is 0.765 bits per heavy atom. The zero-order valence-corrected chi connectivity index (χ0v) is 11.7. The third kappa shape index (κ3) is 2.05. The summed E-state index contributed by atoms with van der Waals surface area (Å²) in [6, 6.07) is 22.4. The Balaban J connectivity index is 2.11. The monoisotopic (exact) mass is 259 g/mol. The summed E-state index contributed by atoms with van der Waals surface area (Å²) >= 11 is 0. The molecule has 1 unspecified atom stereocenters. The number of hydrogen-bond donors (Lipinski definition) is 0. The van der Waals surface area contributed by atoms with Gasteiger partial charge in [0.1, 0.15) is 10.6 Å². The van der Waals surface area contributed by atoms with Crippen LogP contribution in [0.4, 0.5) is 0 Å². The Hall–Kier alpha value is -0.700. The van der Waals surface area contributed by atoms with Crippen LogP contribution in [0.2, 0.25) is 0 Å². The van der Waals surface area contributed by atoms with Crippen molar-refractivity contribution < 1.29 is 0 Å². The van der Waals surface area contributed by atoms with Crippen LogP contribution in [-0.4, -0.2) is 12.3 Å². The highest BCUT2D eigenvalue weighted by Gasteiger charge is 2.45. The van der Waals surface area contributed by atoms with E-state index in [4.69, 9.17) is 0 Å². The van der Waals surface area contributed by atoms with Crippen molar-refractivity contribution in [3.63, 3.8) is 0 Å². The van der Waals surface area contributed by atoms with Gasteiger partial charge in [0.05, 0.1) is 21.4 Å². The van der Waals surface area contributed by atoms with E-state index in [-0.39, 0.29) is 0 Å². The minimum Gasteiger partial charge on any atom is -0.0620 e. The van der Waals surface area contributed by atoms with Crippen LogP contribution >= 0.6 is 15.2 Å². The van der Waals surface area contributed by atoms with Gasteiger partial charge >= 0.3 is 0 Å². The summed E-state index contributed by atoms with van der Waals surface area (Å²) in [5.74, 6) is 0. The highest BCUT2D eigenvalue weighted by atomic mass is 32.1. The SMILES string of the molecule is c1ccc([P+]2(c3ccccc3)CCCP2)cc1. The lowest BCUT2D eigenvalue weighted by atomic mass is 10.4. The van der Waals surface area contributed by atoms with Gasteiger partial charge in [-0.1, -0.05) is 36.4 Å². The molecule has 0 radical (unpaired) electrons. The van der Waals surface area contributed by atoms with Crippen LogP contribution in [0.3, 0.4) is 0 Å². The molecule has 1 aliphatic rings. The molecule has 0 saturated carbocycles. The minimum absolute atomic E-state index is 1.02. The second kappa shape index (κ2) is 4.89. The molecule has 0 nitrogen and oxygen atoms in total. The largest absolute Gasteiger partial charge is 0.101 e. The van der Waals surface area contributed by atoms with Gasteiger partial charge in [0, 0.05) is 6.16 Å². The molecule has 1 fully saturated rings. The Morgan fingerprint density at radius 3 is 1.71 bits per heavy atom. The van der Waals surface area contributed by atoms with E-state index in [2.05, 4.69) is 60.7 Å². The second-order valence-electron chi connectivity index (χ2n) is 4.47. The normalized spacial score (nSPS) is 19.5. The van der Waals surface area contributed by atoms with Gasteiger partial charge in [0.15, 0.2) is 0 Å². The van der Waals surface area contributed by atoms with Crippen LogP contribution in [-0.2, 0) is 0 Å². The standard InChI is InChI=1S/C15H17P2/c1-3-8-14(9-4-1)17(13-7-12-16-17)15-10-5-2-6-11-15/h1-6,8-11,16H,7,12-13H2/q+1. The zero-order valence-electron chi connectivity index (χ0n) is 9.84. The van der Waals surface area contributed by atoms with Crippen LogP contribution in [0.25, 0.3) is 0 Å². The Kier molecular flexibility index (Phi) is 3.28. The first kappa shape index (κ1) is 11.4. The highest BCUT2D eigenvalue weighted by Crippen LogP contribution is 2.76. The molecule has 1 aliphatic heterocycles. The first-order chi connectivity index (χ1) is 8.42.